The van der Waals surface area contributed by atoms with Crippen molar-refractivity contribution in [2.75, 3.05) is 4.90 Å². The lowest BCUT2D eigenvalue weighted by Gasteiger charge is -2.23. The summed E-state index contributed by atoms with van der Waals surface area (Å²) in [5, 5.41) is 0.772. The molecule has 1 aliphatic heterocycles. The fraction of sp³-hybridized carbons (Fsp3) is 0.429. The first-order valence-corrected chi connectivity index (χ1v) is 10.1. The number of hydrogen-bond acceptors (Lipinski definition) is 2. The monoisotopic (exact) mass is 387 g/mol. The highest BCUT2D eigenvalue weighted by Crippen LogP contribution is 2.58. The highest BCUT2D eigenvalue weighted by molar-refractivity contribution is 6.42. The Labute approximate surface area is 162 Å². The van der Waals surface area contributed by atoms with Gasteiger partial charge in [-0.3, -0.25) is 9.59 Å². The van der Waals surface area contributed by atoms with Gasteiger partial charge in [0.1, 0.15) is 0 Å². The summed E-state index contributed by atoms with van der Waals surface area (Å²) >= 11 is 12.1. The fourth-order valence-corrected chi connectivity index (χ4v) is 5.67. The molecular weight excluding hydrogens is 369 g/mol. The molecule has 3 fully saturated rings. The number of allylic oxidation sites excluding steroid dienone is 4. The van der Waals surface area contributed by atoms with Crippen molar-refractivity contribution in [3.8, 4) is 0 Å². The third-order valence-electron chi connectivity index (χ3n) is 6.44. The lowest BCUT2D eigenvalue weighted by molar-refractivity contribution is -0.122. The quantitative estimate of drug-likeness (QED) is 0.491. The summed E-state index contributed by atoms with van der Waals surface area (Å²) in [6.45, 7) is 0. The molecule has 0 radical (unpaired) electrons. The normalized spacial score (nSPS) is 32.8. The molecule has 5 heteroatoms. The van der Waals surface area contributed by atoms with Gasteiger partial charge in [0.05, 0.1) is 27.6 Å². The molecule has 0 spiro atoms. The Morgan fingerprint density at radius 3 is 2.04 bits per heavy atom. The van der Waals surface area contributed by atoms with Crippen molar-refractivity contribution in [2.24, 2.45) is 23.7 Å². The molecule has 0 unspecified atom stereocenters. The Morgan fingerprint density at radius 2 is 1.46 bits per heavy atom. The Kier molecular flexibility index (Phi) is 3.81. The number of rotatable bonds is 1. The number of carbonyl (C=O) groups is 2. The predicted octanol–water partition coefficient (Wildman–Crippen LogP) is 5.18. The van der Waals surface area contributed by atoms with Crippen molar-refractivity contribution in [2.45, 2.75) is 32.1 Å². The van der Waals surface area contributed by atoms with Gasteiger partial charge in [-0.15, -0.1) is 0 Å². The lowest BCUT2D eigenvalue weighted by atomic mass is 9.85. The van der Waals surface area contributed by atoms with Gasteiger partial charge in [0, 0.05) is 11.8 Å². The smallest absolute Gasteiger partial charge is 0.238 e. The first-order valence-electron chi connectivity index (χ1n) is 9.31. The number of halogens is 2. The van der Waals surface area contributed by atoms with E-state index < -0.39 is 0 Å². The van der Waals surface area contributed by atoms with Crippen LogP contribution >= 0.6 is 23.2 Å². The van der Waals surface area contributed by atoms with Crippen LogP contribution in [0.15, 0.2) is 41.5 Å². The summed E-state index contributed by atoms with van der Waals surface area (Å²) in [5.74, 6) is -0.495. The second kappa shape index (κ2) is 5.97. The first kappa shape index (κ1) is 16.6. The molecule has 1 saturated heterocycles. The van der Waals surface area contributed by atoms with Gasteiger partial charge >= 0.3 is 0 Å². The molecular formula is C21H19Cl2NO2. The van der Waals surface area contributed by atoms with Crippen molar-refractivity contribution >= 4 is 40.7 Å². The number of anilines is 1. The van der Waals surface area contributed by atoms with Crippen molar-refractivity contribution in [1.29, 1.82) is 0 Å². The maximum absolute atomic E-state index is 13.2. The number of amides is 2. The van der Waals surface area contributed by atoms with Crippen molar-refractivity contribution < 1.29 is 9.59 Å². The zero-order valence-corrected chi connectivity index (χ0v) is 15.8. The summed E-state index contributed by atoms with van der Waals surface area (Å²) in [7, 11) is 0. The standard InChI is InChI=1S/C21H19Cl2NO2/c22-15-9-6-12(10-16(15)23)24-20(25)18-13-7-8-14(19(18)21(24)26)17(13)11-4-2-1-3-5-11/h6-10,13-14,18-19H,1-5H2/t13-,14-,18-,19-/m1/s1. The Morgan fingerprint density at radius 1 is 0.846 bits per heavy atom. The van der Waals surface area contributed by atoms with E-state index in [1.807, 2.05) is 0 Å². The summed E-state index contributed by atoms with van der Waals surface area (Å²) in [4.78, 5) is 27.7. The topological polar surface area (TPSA) is 37.4 Å². The van der Waals surface area contributed by atoms with Crippen LogP contribution in [0.4, 0.5) is 5.69 Å². The minimum atomic E-state index is -0.253. The molecule has 4 aliphatic rings. The van der Waals surface area contributed by atoms with Gasteiger partial charge in [-0.2, -0.15) is 0 Å². The minimum absolute atomic E-state index is 0.0934. The zero-order chi connectivity index (χ0) is 18.0. The second-order valence-corrected chi connectivity index (χ2v) is 8.53. The van der Waals surface area contributed by atoms with Gasteiger partial charge in [0.15, 0.2) is 0 Å². The minimum Gasteiger partial charge on any atom is -0.274 e. The molecule has 134 valence electrons. The average molecular weight is 388 g/mol. The van der Waals surface area contributed by atoms with E-state index in [0.29, 0.717) is 15.7 Å². The van der Waals surface area contributed by atoms with Crippen molar-refractivity contribution in [3.63, 3.8) is 0 Å². The van der Waals surface area contributed by atoms with E-state index in [1.54, 1.807) is 18.2 Å². The van der Waals surface area contributed by atoms with Crippen LogP contribution in [0, 0.1) is 23.7 Å². The number of fused-ring (bicyclic) bond motifs is 5. The van der Waals surface area contributed by atoms with Gasteiger partial charge in [-0.25, -0.2) is 4.90 Å². The van der Waals surface area contributed by atoms with Crippen LogP contribution in [0.25, 0.3) is 0 Å². The van der Waals surface area contributed by atoms with Crippen LogP contribution in [0.2, 0.25) is 10.0 Å². The van der Waals surface area contributed by atoms with Gasteiger partial charge in [-0.1, -0.05) is 52.9 Å². The zero-order valence-electron chi connectivity index (χ0n) is 14.3. The number of hydrogen-bond donors (Lipinski definition) is 0. The Hall–Kier alpha value is -1.58. The van der Waals surface area contributed by atoms with Gasteiger partial charge < -0.3 is 0 Å². The van der Waals surface area contributed by atoms with E-state index >= 15 is 0 Å². The van der Waals surface area contributed by atoms with E-state index in [1.165, 1.54) is 35.3 Å². The van der Waals surface area contributed by atoms with Crippen LogP contribution < -0.4 is 4.90 Å². The molecule has 5 rings (SSSR count). The van der Waals surface area contributed by atoms with E-state index in [0.717, 1.165) is 12.8 Å². The highest BCUT2D eigenvalue weighted by Gasteiger charge is 2.62. The van der Waals surface area contributed by atoms with Crippen LogP contribution in [-0.2, 0) is 9.59 Å². The van der Waals surface area contributed by atoms with Gasteiger partial charge in [0.25, 0.3) is 0 Å². The summed E-state index contributed by atoms with van der Waals surface area (Å²) < 4.78 is 0. The van der Waals surface area contributed by atoms with E-state index in [-0.39, 0.29) is 35.5 Å². The predicted molar refractivity (Wildman–Crippen MR) is 102 cm³/mol. The molecule has 2 bridgehead atoms. The van der Waals surface area contributed by atoms with Crippen LogP contribution in [-0.4, -0.2) is 11.8 Å². The third kappa shape index (κ3) is 2.20. The molecule has 2 saturated carbocycles. The van der Waals surface area contributed by atoms with E-state index in [9.17, 15) is 9.59 Å². The van der Waals surface area contributed by atoms with Crippen molar-refractivity contribution in [3.05, 3.63) is 51.5 Å². The number of imide groups is 1. The van der Waals surface area contributed by atoms with Crippen molar-refractivity contribution in [1.82, 2.24) is 0 Å². The SMILES string of the molecule is O=C1[C@H]2[C@H](C(=O)N1c1ccc(Cl)c(Cl)c1)[C@@H]1C=C[C@@H]2C1=C1CCCCC1. The third-order valence-corrected chi connectivity index (χ3v) is 7.18. The fourth-order valence-electron chi connectivity index (χ4n) is 5.38. The van der Waals surface area contributed by atoms with Crippen LogP contribution in [0.5, 0.6) is 0 Å². The molecule has 3 nitrogen and oxygen atoms in total. The van der Waals surface area contributed by atoms with Crippen LogP contribution in [0.3, 0.4) is 0 Å². The summed E-state index contributed by atoms with van der Waals surface area (Å²) in [5.41, 5.74) is 3.41. The molecule has 1 heterocycles. The van der Waals surface area contributed by atoms with Gasteiger partial charge in [0.2, 0.25) is 11.8 Å². The molecule has 26 heavy (non-hydrogen) atoms. The second-order valence-electron chi connectivity index (χ2n) is 7.72. The summed E-state index contributed by atoms with van der Waals surface area (Å²) in [6, 6.07) is 4.94. The first-order chi connectivity index (χ1) is 12.6. The van der Waals surface area contributed by atoms with Gasteiger partial charge in [-0.05, 0) is 43.9 Å². The molecule has 1 aromatic rings. The number of carbonyl (C=O) groups excluding carboxylic acids is 2. The number of nitrogens with zero attached hydrogens (tertiary/aromatic N) is 1. The molecule has 3 aliphatic carbocycles. The summed E-state index contributed by atoms with van der Waals surface area (Å²) in [6.07, 6.45) is 10.3. The molecule has 2 amide bonds. The maximum Gasteiger partial charge on any atom is 0.238 e. The lowest BCUT2D eigenvalue weighted by Crippen LogP contribution is -2.33. The molecule has 1 aromatic carbocycles. The largest absolute Gasteiger partial charge is 0.274 e. The average Bonchev–Trinajstić information content (AvgIpc) is 3.28. The van der Waals surface area contributed by atoms with E-state index in [2.05, 4.69) is 12.2 Å². The Bertz CT molecular complexity index is 846. The molecule has 0 aromatic heterocycles. The molecule has 0 N–H and O–H groups in total. The molecule has 4 atom stereocenters. The Balaban J connectivity index is 1.53. The van der Waals surface area contributed by atoms with Crippen LogP contribution in [0.1, 0.15) is 32.1 Å². The maximum atomic E-state index is 13.2. The van der Waals surface area contributed by atoms with E-state index in [4.69, 9.17) is 23.2 Å². The number of benzene rings is 1. The highest BCUT2D eigenvalue weighted by atomic mass is 35.5.